The van der Waals surface area contributed by atoms with E-state index in [-0.39, 0.29) is 5.91 Å². The van der Waals surface area contributed by atoms with Crippen molar-refractivity contribution in [2.75, 3.05) is 18.4 Å². The Bertz CT molecular complexity index is 729. The van der Waals surface area contributed by atoms with Crippen molar-refractivity contribution >= 4 is 11.6 Å². The average molecular weight is 340 g/mol. The van der Waals surface area contributed by atoms with Gasteiger partial charge in [-0.2, -0.15) is 5.10 Å². The first-order valence-corrected chi connectivity index (χ1v) is 9.22. The van der Waals surface area contributed by atoms with Gasteiger partial charge in [0.25, 0.3) is 5.91 Å². The number of piperidine rings is 1. The quantitative estimate of drug-likeness (QED) is 0.903. The number of aromatic nitrogens is 2. The summed E-state index contributed by atoms with van der Waals surface area (Å²) in [5, 5.41) is 7.73. The third-order valence-electron chi connectivity index (χ3n) is 5.04. The van der Waals surface area contributed by atoms with Crippen LogP contribution in [0, 0.1) is 12.8 Å². The van der Waals surface area contributed by atoms with E-state index in [2.05, 4.69) is 30.5 Å². The number of hydrogen-bond acceptors (Lipinski definition) is 3. The highest BCUT2D eigenvalue weighted by Gasteiger charge is 2.21. The third-order valence-corrected chi connectivity index (χ3v) is 5.04. The topological polar surface area (TPSA) is 50.2 Å². The van der Waals surface area contributed by atoms with E-state index in [0.29, 0.717) is 0 Å². The van der Waals surface area contributed by atoms with Crippen molar-refractivity contribution in [3.05, 3.63) is 47.3 Å². The molecule has 0 aliphatic carbocycles. The Morgan fingerprint density at radius 1 is 1.32 bits per heavy atom. The number of nitrogens with one attached hydrogen (secondary N) is 1. The summed E-state index contributed by atoms with van der Waals surface area (Å²) in [5.74, 6) is 0.889. The van der Waals surface area contributed by atoms with Crippen LogP contribution in [0.2, 0.25) is 0 Å². The maximum Gasteiger partial charge on any atom is 0.253 e. The van der Waals surface area contributed by atoms with E-state index in [1.165, 1.54) is 0 Å². The Hall–Kier alpha value is -2.30. The predicted octanol–water partition coefficient (Wildman–Crippen LogP) is 3.70. The van der Waals surface area contributed by atoms with Crippen LogP contribution < -0.4 is 5.32 Å². The molecule has 2 aromatic rings. The highest BCUT2D eigenvalue weighted by molar-refractivity contribution is 5.95. The maximum absolute atomic E-state index is 12.7. The number of likely N-dealkylation sites (tertiary alicyclic amines) is 1. The molecule has 0 radical (unpaired) electrons. The smallest absolute Gasteiger partial charge is 0.253 e. The number of anilines is 1. The fourth-order valence-corrected chi connectivity index (χ4v) is 3.26. The summed E-state index contributed by atoms with van der Waals surface area (Å²) in [5.41, 5.74) is 4.10. The van der Waals surface area contributed by atoms with E-state index < -0.39 is 0 Å². The number of nitrogens with zero attached hydrogens (tertiary/aromatic N) is 3. The van der Waals surface area contributed by atoms with Crippen LogP contribution in [0.3, 0.4) is 0 Å². The molecule has 1 aromatic heterocycles. The van der Waals surface area contributed by atoms with Gasteiger partial charge in [0.1, 0.15) is 0 Å². The maximum atomic E-state index is 12.7. The summed E-state index contributed by atoms with van der Waals surface area (Å²) in [6.07, 6.45) is 6.16. The van der Waals surface area contributed by atoms with Crippen molar-refractivity contribution in [3.8, 4) is 0 Å². The van der Waals surface area contributed by atoms with Crippen LogP contribution in [0.15, 0.2) is 30.6 Å². The largest absolute Gasteiger partial charge is 0.381 e. The Balaban J connectivity index is 1.63. The zero-order chi connectivity index (χ0) is 17.8. The first-order chi connectivity index (χ1) is 12.1. The SMILES string of the molecule is CCn1cc(CNc2ccc(C(=O)N3CCC(C)CC3)cc2C)cn1. The number of aryl methyl sites for hydroxylation is 2. The van der Waals surface area contributed by atoms with E-state index in [1.54, 1.807) is 0 Å². The number of benzene rings is 1. The summed E-state index contributed by atoms with van der Waals surface area (Å²) in [6, 6.07) is 5.95. The van der Waals surface area contributed by atoms with Gasteiger partial charge in [-0.3, -0.25) is 9.48 Å². The Kier molecular flexibility index (Phi) is 5.41. The van der Waals surface area contributed by atoms with Crippen LogP contribution in [0.1, 0.15) is 48.2 Å². The third kappa shape index (κ3) is 4.21. The lowest BCUT2D eigenvalue weighted by atomic mass is 9.98. The molecule has 134 valence electrons. The summed E-state index contributed by atoms with van der Waals surface area (Å²) < 4.78 is 1.92. The lowest BCUT2D eigenvalue weighted by Crippen LogP contribution is -2.37. The predicted molar refractivity (Wildman–Crippen MR) is 101 cm³/mol. The van der Waals surface area contributed by atoms with Gasteiger partial charge in [0.2, 0.25) is 0 Å². The van der Waals surface area contributed by atoms with Crippen LogP contribution >= 0.6 is 0 Å². The van der Waals surface area contributed by atoms with Crippen molar-refractivity contribution in [1.82, 2.24) is 14.7 Å². The molecule has 1 saturated heterocycles. The molecule has 0 spiro atoms. The van der Waals surface area contributed by atoms with Crippen molar-refractivity contribution in [2.24, 2.45) is 5.92 Å². The number of amides is 1. The number of carbonyl (C=O) groups excluding carboxylic acids is 1. The van der Waals surface area contributed by atoms with Gasteiger partial charge in [0, 0.05) is 49.2 Å². The summed E-state index contributed by atoms with van der Waals surface area (Å²) in [4.78, 5) is 14.7. The minimum atomic E-state index is 0.158. The highest BCUT2D eigenvalue weighted by Crippen LogP contribution is 2.21. The molecule has 1 aromatic carbocycles. The van der Waals surface area contributed by atoms with Gasteiger partial charge < -0.3 is 10.2 Å². The second kappa shape index (κ2) is 7.72. The van der Waals surface area contributed by atoms with Crippen LogP contribution in [0.5, 0.6) is 0 Å². The van der Waals surface area contributed by atoms with Gasteiger partial charge >= 0.3 is 0 Å². The number of rotatable bonds is 5. The second-order valence-corrected chi connectivity index (χ2v) is 7.06. The van der Waals surface area contributed by atoms with Gasteiger partial charge in [-0.1, -0.05) is 6.92 Å². The molecule has 0 saturated carbocycles. The highest BCUT2D eigenvalue weighted by atomic mass is 16.2. The minimum Gasteiger partial charge on any atom is -0.381 e. The normalized spacial score (nSPS) is 15.4. The van der Waals surface area contributed by atoms with E-state index in [4.69, 9.17) is 0 Å². The minimum absolute atomic E-state index is 0.158. The molecule has 2 heterocycles. The summed E-state index contributed by atoms with van der Waals surface area (Å²) in [7, 11) is 0. The number of carbonyl (C=O) groups is 1. The van der Waals surface area contributed by atoms with Crippen LogP contribution in [-0.4, -0.2) is 33.7 Å². The van der Waals surface area contributed by atoms with Crippen LogP contribution in [-0.2, 0) is 13.1 Å². The molecular formula is C20H28N4O. The Labute approximate surface area is 150 Å². The molecule has 0 bridgehead atoms. The van der Waals surface area contributed by atoms with Gasteiger partial charge in [-0.05, 0) is 56.4 Å². The molecule has 1 aliphatic rings. The van der Waals surface area contributed by atoms with Crippen molar-refractivity contribution < 1.29 is 4.79 Å². The van der Waals surface area contributed by atoms with E-state index in [0.717, 1.165) is 67.3 Å². The number of hydrogen-bond donors (Lipinski definition) is 1. The Morgan fingerprint density at radius 3 is 2.72 bits per heavy atom. The first-order valence-electron chi connectivity index (χ1n) is 9.22. The first kappa shape index (κ1) is 17.5. The molecule has 0 atom stereocenters. The molecular weight excluding hydrogens is 312 g/mol. The van der Waals surface area contributed by atoms with Crippen molar-refractivity contribution in [3.63, 3.8) is 0 Å². The van der Waals surface area contributed by atoms with Crippen LogP contribution in [0.4, 0.5) is 5.69 Å². The lowest BCUT2D eigenvalue weighted by molar-refractivity contribution is 0.0697. The van der Waals surface area contributed by atoms with Gasteiger partial charge in [0.15, 0.2) is 0 Å². The molecule has 25 heavy (non-hydrogen) atoms. The van der Waals surface area contributed by atoms with Gasteiger partial charge in [0.05, 0.1) is 6.20 Å². The summed E-state index contributed by atoms with van der Waals surface area (Å²) >= 11 is 0. The fraction of sp³-hybridized carbons (Fsp3) is 0.500. The standard InChI is InChI=1S/C20H28N4O/c1-4-24-14-17(13-22-24)12-21-19-6-5-18(11-16(19)3)20(25)23-9-7-15(2)8-10-23/h5-6,11,13-15,21H,4,7-10,12H2,1-3H3. The molecule has 5 heteroatoms. The average Bonchev–Trinajstić information content (AvgIpc) is 3.09. The zero-order valence-corrected chi connectivity index (χ0v) is 15.5. The van der Waals surface area contributed by atoms with Crippen molar-refractivity contribution in [1.29, 1.82) is 0 Å². The van der Waals surface area contributed by atoms with E-state index in [1.807, 2.05) is 40.9 Å². The van der Waals surface area contributed by atoms with Gasteiger partial charge in [-0.25, -0.2) is 0 Å². The molecule has 1 N–H and O–H groups in total. The molecule has 0 unspecified atom stereocenters. The molecule has 5 nitrogen and oxygen atoms in total. The molecule has 3 rings (SSSR count). The fourth-order valence-electron chi connectivity index (χ4n) is 3.26. The van der Waals surface area contributed by atoms with Gasteiger partial charge in [-0.15, -0.1) is 0 Å². The monoisotopic (exact) mass is 340 g/mol. The van der Waals surface area contributed by atoms with E-state index >= 15 is 0 Å². The second-order valence-electron chi connectivity index (χ2n) is 7.06. The molecule has 1 fully saturated rings. The summed E-state index contributed by atoms with van der Waals surface area (Å²) in [6.45, 7) is 9.75. The molecule has 1 aliphatic heterocycles. The van der Waals surface area contributed by atoms with E-state index in [9.17, 15) is 4.79 Å². The molecule has 1 amide bonds. The lowest BCUT2D eigenvalue weighted by Gasteiger charge is -2.30. The Morgan fingerprint density at radius 2 is 2.08 bits per heavy atom. The zero-order valence-electron chi connectivity index (χ0n) is 15.5. The van der Waals surface area contributed by atoms with Crippen LogP contribution in [0.25, 0.3) is 0 Å². The van der Waals surface area contributed by atoms with Crippen molar-refractivity contribution in [2.45, 2.75) is 46.7 Å².